The quantitative estimate of drug-likeness (QED) is 0.475. The molecular weight excluding hydrogens is 480 g/mol. The Hall–Kier alpha value is -2.72. The molecule has 7 nitrogen and oxygen atoms in total. The third-order valence-corrected chi connectivity index (χ3v) is 8.80. The molecule has 0 bridgehead atoms. The summed E-state index contributed by atoms with van der Waals surface area (Å²) in [5.41, 5.74) is 3.76. The van der Waals surface area contributed by atoms with Gasteiger partial charge in [0, 0.05) is 25.7 Å². The van der Waals surface area contributed by atoms with Gasteiger partial charge >= 0.3 is 0 Å². The Morgan fingerprint density at radius 2 is 1.97 bits per heavy atom. The molecule has 0 unspecified atom stereocenters. The first-order chi connectivity index (χ1) is 15.8. The third-order valence-electron chi connectivity index (χ3n) is 5.25. The lowest BCUT2D eigenvalue weighted by Gasteiger charge is -2.22. The number of nitrogens with one attached hydrogen (secondary N) is 2. The summed E-state index contributed by atoms with van der Waals surface area (Å²) in [4.78, 5) is 17.5. The number of benzene rings is 1. The van der Waals surface area contributed by atoms with Gasteiger partial charge in [-0.25, -0.2) is 13.4 Å². The van der Waals surface area contributed by atoms with Gasteiger partial charge in [0.2, 0.25) is 5.91 Å². The lowest BCUT2D eigenvalue weighted by Crippen LogP contribution is -2.45. The van der Waals surface area contributed by atoms with E-state index in [9.17, 15) is 13.2 Å². The predicted octanol–water partition coefficient (Wildman–Crippen LogP) is 4.06. The number of hydrogen-bond donors (Lipinski definition) is 2. The van der Waals surface area contributed by atoms with Crippen LogP contribution in [0.1, 0.15) is 11.1 Å². The van der Waals surface area contributed by atoms with Crippen molar-refractivity contribution in [2.75, 3.05) is 18.9 Å². The molecule has 2 N–H and O–H groups in total. The highest BCUT2D eigenvalue weighted by atomic mass is 35.5. The molecule has 0 radical (unpaired) electrons. The Morgan fingerprint density at radius 1 is 1.21 bits per heavy atom. The Kier molecular flexibility index (Phi) is 6.85. The smallest absolute Gasteiger partial charge is 0.253 e. The Labute approximate surface area is 202 Å². The fourth-order valence-corrected chi connectivity index (χ4v) is 6.61. The van der Waals surface area contributed by atoms with E-state index >= 15 is 0 Å². The van der Waals surface area contributed by atoms with Crippen LogP contribution in [0, 0.1) is 6.92 Å². The van der Waals surface area contributed by atoms with Gasteiger partial charge in [-0.2, -0.15) is 4.31 Å². The van der Waals surface area contributed by atoms with Crippen LogP contribution in [0.15, 0.2) is 64.9 Å². The van der Waals surface area contributed by atoms with Gasteiger partial charge in [0.1, 0.15) is 16.1 Å². The maximum absolute atomic E-state index is 13.0. The number of hydrogen-bond acceptors (Lipinski definition) is 6. The van der Waals surface area contributed by atoms with Crippen molar-refractivity contribution in [1.82, 2.24) is 14.6 Å². The molecule has 0 saturated carbocycles. The Morgan fingerprint density at radius 3 is 2.64 bits per heavy atom. The monoisotopic (exact) mass is 502 g/mol. The number of amides is 1. The molecule has 172 valence electrons. The van der Waals surface area contributed by atoms with Gasteiger partial charge in [0.05, 0.1) is 10.0 Å². The van der Waals surface area contributed by atoms with Crippen LogP contribution >= 0.6 is 22.9 Å². The summed E-state index contributed by atoms with van der Waals surface area (Å²) in [6, 6.07) is 13.9. The highest BCUT2D eigenvalue weighted by Crippen LogP contribution is 2.30. The average Bonchev–Trinajstić information content (AvgIpc) is 3.48. The van der Waals surface area contributed by atoms with Gasteiger partial charge in [0.25, 0.3) is 10.0 Å². The second-order valence-electron chi connectivity index (χ2n) is 7.59. The Bertz CT molecular complexity index is 1300. The summed E-state index contributed by atoms with van der Waals surface area (Å²) < 4.78 is 27.6. The standard InChI is InChI=1S/C23H23ClN4O3S2/c1-15-5-7-17(8-6-15)18-12-16(13-21(25-2)27-18)14-26-23(29)19-4-3-11-28(19)33(30,31)22-10-9-20(24)32-22/h3-10,12-13,19H,11,14H2,1-2H3,(H,25,27)(H,26,29)/t19-/m0/s1. The van der Waals surface area contributed by atoms with Gasteiger partial charge in [0.15, 0.2) is 0 Å². The zero-order valence-electron chi connectivity index (χ0n) is 18.1. The van der Waals surface area contributed by atoms with E-state index in [0.29, 0.717) is 10.2 Å². The number of rotatable bonds is 7. The molecule has 1 aliphatic heterocycles. The van der Waals surface area contributed by atoms with Crippen molar-refractivity contribution < 1.29 is 13.2 Å². The summed E-state index contributed by atoms with van der Waals surface area (Å²) >= 11 is 6.88. The van der Waals surface area contributed by atoms with E-state index in [0.717, 1.165) is 33.7 Å². The van der Waals surface area contributed by atoms with Gasteiger partial charge in [-0.05, 0) is 36.8 Å². The van der Waals surface area contributed by atoms with Crippen LogP contribution in [0.5, 0.6) is 0 Å². The van der Waals surface area contributed by atoms with Gasteiger partial charge in [-0.3, -0.25) is 4.79 Å². The molecule has 33 heavy (non-hydrogen) atoms. The van der Waals surface area contributed by atoms with Gasteiger partial charge in [-0.15, -0.1) is 11.3 Å². The second-order valence-corrected chi connectivity index (χ2v) is 11.4. The number of aryl methyl sites for hydroxylation is 1. The van der Waals surface area contributed by atoms with Crippen LogP contribution in [-0.4, -0.2) is 43.2 Å². The third kappa shape index (κ3) is 5.11. The molecule has 1 aromatic carbocycles. The van der Waals surface area contributed by atoms with Crippen LogP contribution in [0.3, 0.4) is 0 Å². The normalized spacial score (nSPS) is 16.2. The first kappa shape index (κ1) is 23.4. The van der Waals surface area contributed by atoms with E-state index in [4.69, 9.17) is 11.6 Å². The number of thiophene rings is 1. The molecule has 3 aromatic rings. The summed E-state index contributed by atoms with van der Waals surface area (Å²) in [7, 11) is -2.04. The maximum atomic E-state index is 13.0. The summed E-state index contributed by atoms with van der Waals surface area (Å²) in [6.45, 7) is 2.39. The first-order valence-electron chi connectivity index (χ1n) is 10.3. The molecule has 3 heterocycles. The molecule has 4 rings (SSSR count). The van der Waals surface area contributed by atoms with Gasteiger partial charge in [-0.1, -0.05) is 53.6 Å². The zero-order chi connectivity index (χ0) is 23.6. The second kappa shape index (κ2) is 9.64. The van der Waals surface area contributed by atoms with Crippen molar-refractivity contribution in [3.8, 4) is 11.3 Å². The zero-order valence-corrected chi connectivity index (χ0v) is 20.5. The number of halogens is 1. The average molecular weight is 503 g/mol. The number of anilines is 1. The summed E-state index contributed by atoms with van der Waals surface area (Å²) in [6.07, 6.45) is 3.28. The van der Waals surface area contributed by atoms with E-state index in [1.165, 1.54) is 16.4 Å². The van der Waals surface area contributed by atoms with Crippen molar-refractivity contribution in [3.05, 3.63) is 76.1 Å². The number of carbonyl (C=O) groups excluding carboxylic acids is 1. The molecule has 0 spiro atoms. The molecule has 0 aliphatic carbocycles. The topological polar surface area (TPSA) is 91.4 Å². The van der Waals surface area contributed by atoms with Crippen LogP contribution < -0.4 is 10.6 Å². The molecule has 0 fully saturated rings. The minimum Gasteiger partial charge on any atom is -0.373 e. The van der Waals surface area contributed by atoms with Crippen molar-refractivity contribution in [1.29, 1.82) is 0 Å². The molecule has 1 atom stereocenters. The number of sulfonamides is 1. The number of pyridine rings is 1. The first-order valence-corrected chi connectivity index (χ1v) is 12.9. The van der Waals surface area contributed by atoms with E-state index in [-0.39, 0.29) is 17.3 Å². The van der Waals surface area contributed by atoms with Crippen molar-refractivity contribution in [2.24, 2.45) is 0 Å². The summed E-state index contributed by atoms with van der Waals surface area (Å²) in [5.74, 6) is 0.284. The lowest BCUT2D eigenvalue weighted by atomic mass is 10.1. The predicted molar refractivity (Wildman–Crippen MR) is 132 cm³/mol. The maximum Gasteiger partial charge on any atom is 0.253 e. The van der Waals surface area contributed by atoms with E-state index < -0.39 is 22.0 Å². The lowest BCUT2D eigenvalue weighted by molar-refractivity contribution is -0.123. The minimum absolute atomic E-state index is 0.115. The fraction of sp³-hybridized carbons (Fsp3) is 0.217. The molecule has 0 saturated heterocycles. The van der Waals surface area contributed by atoms with Crippen LogP contribution in [0.25, 0.3) is 11.3 Å². The number of carbonyl (C=O) groups is 1. The Balaban J connectivity index is 1.50. The van der Waals surface area contributed by atoms with E-state index in [2.05, 4.69) is 15.6 Å². The number of aromatic nitrogens is 1. The minimum atomic E-state index is -3.83. The molecular formula is C23H23ClN4O3S2. The highest BCUT2D eigenvalue weighted by molar-refractivity contribution is 7.91. The van der Waals surface area contributed by atoms with Crippen LogP contribution in [0.2, 0.25) is 4.34 Å². The van der Waals surface area contributed by atoms with E-state index in [1.54, 1.807) is 19.2 Å². The van der Waals surface area contributed by atoms with Crippen LogP contribution in [0.4, 0.5) is 5.82 Å². The molecule has 2 aromatic heterocycles. The highest BCUT2D eigenvalue weighted by Gasteiger charge is 2.37. The largest absolute Gasteiger partial charge is 0.373 e. The molecule has 10 heteroatoms. The van der Waals surface area contributed by atoms with Crippen LogP contribution in [-0.2, 0) is 21.4 Å². The van der Waals surface area contributed by atoms with Crippen molar-refractivity contribution in [2.45, 2.75) is 23.7 Å². The summed E-state index contributed by atoms with van der Waals surface area (Å²) in [5, 5.41) is 5.91. The van der Waals surface area contributed by atoms with Gasteiger partial charge < -0.3 is 10.6 Å². The van der Waals surface area contributed by atoms with E-state index in [1.807, 2.05) is 43.3 Å². The molecule has 1 amide bonds. The fourth-order valence-electron chi connectivity index (χ4n) is 3.50. The number of nitrogens with zero attached hydrogens (tertiary/aromatic N) is 2. The van der Waals surface area contributed by atoms with Crippen molar-refractivity contribution in [3.63, 3.8) is 0 Å². The SMILES string of the molecule is CNc1cc(CNC(=O)[C@@H]2C=CCN2S(=O)(=O)c2ccc(Cl)s2)cc(-c2ccc(C)cc2)n1. The van der Waals surface area contributed by atoms with Crippen molar-refractivity contribution >= 4 is 44.7 Å². The molecule has 1 aliphatic rings.